The lowest BCUT2D eigenvalue weighted by Gasteiger charge is -2.24. The molecule has 5 nitrogen and oxygen atoms in total. The third-order valence-corrected chi connectivity index (χ3v) is 4.94. The molecule has 6 heteroatoms. The Balaban J connectivity index is 0.00000147. The molecule has 3 rings (SSSR count). The van der Waals surface area contributed by atoms with E-state index in [-0.39, 0.29) is 18.3 Å². The molecule has 2 heterocycles. The third kappa shape index (κ3) is 3.64. The highest BCUT2D eigenvalue weighted by Gasteiger charge is 2.41. The van der Waals surface area contributed by atoms with Gasteiger partial charge in [-0.05, 0) is 37.5 Å². The summed E-state index contributed by atoms with van der Waals surface area (Å²) in [6.45, 7) is 4.14. The van der Waals surface area contributed by atoms with Crippen molar-refractivity contribution in [2.75, 3.05) is 32.8 Å². The van der Waals surface area contributed by atoms with Crippen molar-refractivity contribution in [1.29, 1.82) is 0 Å². The number of carbonyl (C=O) groups excluding carboxylic acids is 1. The monoisotopic (exact) mass is 303 g/mol. The molecular weight excluding hydrogens is 278 g/mol. The summed E-state index contributed by atoms with van der Waals surface area (Å²) < 4.78 is 5.30. The number of rotatable bonds is 3. The van der Waals surface area contributed by atoms with Gasteiger partial charge in [0.2, 0.25) is 5.91 Å². The number of nitrogens with two attached hydrogens (primary N) is 1. The number of halogens is 1. The molecule has 1 amide bonds. The Morgan fingerprint density at radius 3 is 2.65 bits per heavy atom. The van der Waals surface area contributed by atoms with E-state index in [0.717, 1.165) is 51.5 Å². The highest BCUT2D eigenvalue weighted by molar-refractivity contribution is 5.85. The lowest BCUT2D eigenvalue weighted by molar-refractivity contribution is -0.123. The standard InChI is InChI=1S/C14H25N3O2.ClH/c15-13-2-1-10-7-17(8-12(10)13)9-14(18)16-11-3-5-19-6-4-11;/h10-13H,1-9,15H2,(H,16,18);1H. The van der Waals surface area contributed by atoms with Crippen LogP contribution in [-0.2, 0) is 9.53 Å². The van der Waals surface area contributed by atoms with Gasteiger partial charge in [0.15, 0.2) is 0 Å². The fourth-order valence-electron chi connectivity index (χ4n) is 3.85. The van der Waals surface area contributed by atoms with Crippen molar-refractivity contribution < 1.29 is 9.53 Å². The molecule has 2 aliphatic heterocycles. The zero-order valence-electron chi connectivity index (χ0n) is 11.9. The second-order valence-electron chi connectivity index (χ2n) is 6.31. The Labute approximate surface area is 127 Å². The van der Waals surface area contributed by atoms with Gasteiger partial charge in [-0.15, -0.1) is 12.4 Å². The third-order valence-electron chi connectivity index (χ3n) is 4.94. The number of hydrogen-bond acceptors (Lipinski definition) is 4. The highest BCUT2D eigenvalue weighted by Crippen LogP contribution is 2.36. The van der Waals surface area contributed by atoms with Gasteiger partial charge >= 0.3 is 0 Å². The van der Waals surface area contributed by atoms with E-state index in [2.05, 4.69) is 10.2 Å². The van der Waals surface area contributed by atoms with E-state index in [4.69, 9.17) is 10.5 Å². The predicted molar refractivity (Wildman–Crippen MR) is 79.9 cm³/mol. The van der Waals surface area contributed by atoms with Gasteiger partial charge in [-0.3, -0.25) is 9.69 Å². The molecule has 0 spiro atoms. The number of nitrogens with one attached hydrogen (secondary N) is 1. The summed E-state index contributed by atoms with van der Waals surface area (Å²) in [5, 5.41) is 3.13. The van der Waals surface area contributed by atoms with E-state index in [1.165, 1.54) is 6.42 Å². The number of likely N-dealkylation sites (tertiary alicyclic amines) is 1. The van der Waals surface area contributed by atoms with Crippen LogP contribution in [-0.4, -0.2) is 55.7 Å². The molecular formula is C14H26ClN3O2. The van der Waals surface area contributed by atoms with E-state index >= 15 is 0 Å². The number of fused-ring (bicyclic) bond motifs is 1. The summed E-state index contributed by atoms with van der Waals surface area (Å²) in [4.78, 5) is 14.3. The van der Waals surface area contributed by atoms with Crippen molar-refractivity contribution in [1.82, 2.24) is 10.2 Å². The Bertz CT molecular complexity index is 336. The summed E-state index contributed by atoms with van der Waals surface area (Å²) in [7, 11) is 0. The fourth-order valence-corrected chi connectivity index (χ4v) is 3.85. The molecule has 3 fully saturated rings. The summed E-state index contributed by atoms with van der Waals surface area (Å²) in [5.74, 6) is 1.52. The van der Waals surface area contributed by atoms with E-state index in [0.29, 0.717) is 24.5 Å². The molecule has 1 aliphatic carbocycles. The van der Waals surface area contributed by atoms with Gasteiger partial charge in [-0.25, -0.2) is 0 Å². The van der Waals surface area contributed by atoms with E-state index < -0.39 is 0 Å². The first-order chi connectivity index (χ1) is 9.22. The van der Waals surface area contributed by atoms with Crippen LogP contribution in [0.4, 0.5) is 0 Å². The maximum atomic E-state index is 12.0. The van der Waals surface area contributed by atoms with Crippen LogP contribution in [0.5, 0.6) is 0 Å². The largest absolute Gasteiger partial charge is 0.381 e. The summed E-state index contributed by atoms with van der Waals surface area (Å²) in [6.07, 6.45) is 4.30. The highest BCUT2D eigenvalue weighted by atomic mass is 35.5. The molecule has 116 valence electrons. The van der Waals surface area contributed by atoms with Gasteiger partial charge in [0.1, 0.15) is 0 Å². The summed E-state index contributed by atoms with van der Waals surface area (Å²) in [5.41, 5.74) is 6.12. The van der Waals surface area contributed by atoms with E-state index in [1.54, 1.807) is 0 Å². The van der Waals surface area contributed by atoms with Gasteiger partial charge < -0.3 is 15.8 Å². The maximum absolute atomic E-state index is 12.0. The molecule has 0 aromatic heterocycles. The summed E-state index contributed by atoms with van der Waals surface area (Å²) in [6, 6.07) is 0.666. The molecule has 20 heavy (non-hydrogen) atoms. The van der Waals surface area contributed by atoms with Crippen molar-refractivity contribution >= 4 is 18.3 Å². The Hall–Kier alpha value is -0.360. The van der Waals surface area contributed by atoms with Crippen molar-refractivity contribution in [2.24, 2.45) is 17.6 Å². The molecule has 0 radical (unpaired) electrons. The molecule has 3 unspecified atom stereocenters. The maximum Gasteiger partial charge on any atom is 0.234 e. The van der Waals surface area contributed by atoms with Crippen LogP contribution in [0.25, 0.3) is 0 Å². The van der Waals surface area contributed by atoms with Crippen LogP contribution in [0.3, 0.4) is 0 Å². The van der Waals surface area contributed by atoms with Crippen LogP contribution in [0, 0.1) is 11.8 Å². The van der Waals surface area contributed by atoms with Gasteiger partial charge in [-0.1, -0.05) is 0 Å². The number of hydrogen-bond donors (Lipinski definition) is 2. The molecule has 3 atom stereocenters. The van der Waals surface area contributed by atoms with Gasteiger partial charge in [-0.2, -0.15) is 0 Å². The number of ether oxygens (including phenoxy) is 1. The molecule has 0 aromatic rings. The lowest BCUT2D eigenvalue weighted by Crippen LogP contribution is -2.44. The van der Waals surface area contributed by atoms with Crippen molar-refractivity contribution in [3.8, 4) is 0 Å². The molecule has 3 aliphatic rings. The zero-order chi connectivity index (χ0) is 13.2. The van der Waals surface area contributed by atoms with Crippen LogP contribution in [0.15, 0.2) is 0 Å². The topological polar surface area (TPSA) is 67.6 Å². The minimum Gasteiger partial charge on any atom is -0.381 e. The SMILES string of the molecule is Cl.NC1CCC2CN(CC(=O)NC3CCOCC3)CC12. The smallest absolute Gasteiger partial charge is 0.234 e. The molecule has 3 N–H and O–H groups in total. The minimum absolute atomic E-state index is 0. The zero-order valence-corrected chi connectivity index (χ0v) is 12.7. The fraction of sp³-hybridized carbons (Fsp3) is 0.929. The second-order valence-corrected chi connectivity index (χ2v) is 6.31. The van der Waals surface area contributed by atoms with Crippen molar-refractivity contribution in [3.63, 3.8) is 0 Å². The molecule has 0 bridgehead atoms. The number of amides is 1. The predicted octanol–water partition coefficient (Wildman–Crippen LogP) is 0.373. The quantitative estimate of drug-likeness (QED) is 0.791. The van der Waals surface area contributed by atoms with Gasteiger partial charge in [0.05, 0.1) is 6.54 Å². The van der Waals surface area contributed by atoms with Crippen LogP contribution in [0.1, 0.15) is 25.7 Å². The molecule has 1 saturated carbocycles. The summed E-state index contributed by atoms with van der Waals surface area (Å²) >= 11 is 0. The Morgan fingerprint density at radius 1 is 1.20 bits per heavy atom. The van der Waals surface area contributed by atoms with Crippen LogP contribution in [0.2, 0.25) is 0 Å². The first-order valence-electron chi connectivity index (χ1n) is 7.57. The Morgan fingerprint density at radius 2 is 1.95 bits per heavy atom. The van der Waals surface area contributed by atoms with Gasteiger partial charge in [0.25, 0.3) is 0 Å². The Kier molecular flexibility index (Phi) is 5.66. The van der Waals surface area contributed by atoms with Gasteiger partial charge in [0, 0.05) is 38.4 Å². The average Bonchev–Trinajstić information content (AvgIpc) is 2.93. The van der Waals surface area contributed by atoms with Crippen LogP contribution < -0.4 is 11.1 Å². The van der Waals surface area contributed by atoms with E-state index in [9.17, 15) is 4.79 Å². The number of carbonyl (C=O) groups is 1. The first kappa shape index (κ1) is 16.0. The van der Waals surface area contributed by atoms with Crippen molar-refractivity contribution in [2.45, 2.75) is 37.8 Å². The lowest BCUT2D eigenvalue weighted by atomic mass is 9.98. The van der Waals surface area contributed by atoms with Crippen molar-refractivity contribution in [3.05, 3.63) is 0 Å². The molecule has 2 saturated heterocycles. The second kappa shape index (κ2) is 7.07. The minimum atomic E-state index is 0. The van der Waals surface area contributed by atoms with E-state index in [1.807, 2.05) is 0 Å². The number of nitrogens with zero attached hydrogens (tertiary/aromatic N) is 1. The van der Waals surface area contributed by atoms with Crippen LogP contribution >= 0.6 is 12.4 Å². The normalized spacial score (nSPS) is 34.5. The first-order valence-corrected chi connectivity index (χ1v) is 7.57. The average molecular weight is 304 g/mol. The molecule has 0 aromatic carbocycles.